The Bertz CT molecular complexity index is 1090. The molecule has 0 spiro atoms. The molecule has 162 valence electrons. The van der Waals surface area contributed by atoms with Crippen molar-refractivity contribution in [3.8, 4) is 11.5 Å². The summed E-state index contributed by atoms with van der Waals surface area (Å²) in [6.07, 6.45) is 1.74. The molecule has 0 aliphatic carbocycles. The maximum atomic E-state index is 12.8. The van der Waals surface area contributed by atoms with E-state index in [0.29, 0.717) is 12.4 Å². The first-order valence-corrected chi connectivity index (χ1v) is 12.2. The standard InChI is InChI=1S/C27H30O3S/c1-18-10-13-24(14-11-18)31(28)17-23-12-15-25-21(4)26(19(2)20(3)27(25)30-23)29-16-22-8-6-5-7-9-22/h5-11,13-14,23H,12,15-17H2,1-4H3/t23-,31+/m0/s1. The van der Waals surface area contributed by atoms with Gasteiger partial charge >= 0.3 is 0 Å². The fourth-order valence-corrected chi connectivity index (χ4v) is 5.37. The van der Waals surface area contributed by atoms with Crippen molar-refractivity contribution in [2.45, 2.75) is 58.1 Å². The highest BCUT2D eigenvalue weighted by atomic mass is 32.2. The van der Waals surface area contributed by atoms with Gasteiger partial charge in [0.25, 0.3) is 0 Å². The normalized spacial score (nSPS) is 16.3. The van der Waals surface area contributed by atoms with E-state index in [-0.39, 0.29) is 6.10 Å². The predicted molar refractivity (Wildman–Crippen MR) is 127 cm³/mol. The first-order chi connectivity index (χ1) is 14.9. The molecule has 3 nitrogen and oxygen atoms in total. The fourth-order valence-electron chi connectivity index (χ4n) is 4.17. The molecule has 1 aliphatic rings. The molecule has 0 amide bonds. The largest absolute Gasteiger partial charge is 0.489 e. The number of benzene rings is 3. The van der Waals surface area contributed by atoms with Gasteiger partial charge in [-0.3, -0.25) is 4.21 Å². The molecule has 0 bridgehead atoms. The van der Waals surface area contributed by atoms with Crippen molar-refractivity contribution < 1.29 is 13.7 Å². The quantitative estimate of drug-likeness (QED) is 0.477. The average Bonchev–Trinajstić information content (AvgIpc) is 2.78. The summed E-state index contributed by atoms with van der Waals surface area (Å²) in [6.45, 7) is 8.92. The number of hydrogen-bond acceptors (Lipinski definition) is 3. The molecule has 3 aromatic carbocycles. The highest BCUT2D eigenvalue weighted by Crippen LogP contribution is 2.41. The number of aryl methyl sites for hydroxylation is 1. The van der Waals surface area contributed by atoms with Crippen LogP contribution in [0.4, 0.5) is 0 Å². The number of hydrogen-bond donors (Lipinski definition) is 0. The minimum absolute atomic E-state index is 0.0387. The summed E-state index contributed by atoms with van der Waals surface area (Å²) in [4.78, 5) is 0.869. The molecule has 0 saturated heterocycles. The van der Waals surface area contributed by atoms with Gasteiger partial charge in [-0.15, -0.1) is 0 Å². The van der Waals surface area contributed by atoms with Gasteiger partial charge in [0.15, 0.2) is 0 Å². The summed E-state index contributed by atoms with van der Waals surface area (Å²) >= 11 is 0. The molecular formula is C27H30O3S. The summed E-state index contributed by atoms with van der Waals surface area (Å²) in [7, 11) is -1.06. The van der Waals surface area contributed by atoms with Gasteiger partial charge < -0.3 is 9.47 Å². The zero-order valence-electron chi connectivity index (χ0n) is 18.7. The predicted octanol–water partition coefficient (Wildman–Crippen LogP) is 6.00. The summed E-state index contributed by atoms with van der Waals surface area (Å²) < 4.78 is 25.5. The van der Waals surface area contributed by atoms with Gasteiger partial charge in [0.2, 0.25) is 0 Å². The van der Waals surface area contributed by atoms with Gasteiger partial charge in [-0.25, -0.2) is 0 Å². The lowest BCUT2D eigenvalue weighted by molar-refractivity contribution is 0.192. The second kappa shape index (κ2) is 9.27. The maximum Gasteiger partial charge on any atom is 0.126 e. The molecule has 2 atom stereocenters. The number of ether oxygens (including phenoxy) is 2. The van der Waals surface area contributed by atoms with Crippen LogP contribution in [0.15, 0.2) is 59.5 Å². The summed E-state index contributed by atoms with van der Waals surface area (Å²) in [5.41, 5.74) is 6.96. The Labute approximate surface area is 187 Å². The smallest absolute Gasteiger partial charge is 0.126 e. The highest BCUT2D eigenvalue weighted by molar-refractivity contribution is 7.85. The van der Waals surface area contributed by atoms with Crippen LogP contribution in [0.3, 0.4) is 0 Å². The second-order valence-corrected chi connectivity index (χ2v) is 9.89. The van der Waals surface area contributed by atoms with Crippen LogP contribution in [0.25, 0.3) is 0 Å². The van der Waals surface area contributed by atoms with Crippen LogP contribution in [0.5, 0.6) is 11.5 Å². The summed E-state index contributed by atoms with van der Waals surface area (Å²) in [5.74, 6) is 2.44. The van der Waals surface area contributed by atoms with Crippen molar-refractivity contribution >= 4 is 10.8 Å². The molecule has 4 rings (SSSR count). The van der Waals surface area contributed by atoms with Gasteiger partial charge in [-0.2, -0.15) is 0 Å². The molecule has 4 heteroatoms. The van der Waals surface area contributed by atoms with Crippen molar-refractivity contribution in [2.75, 3.05) is 5.75 Å². The van der Waals surface area contributed by atoms with Gasteiger partial charge in [-0.1, -0.05) is 48.0 Å². The van der Waals surface area contributed by atoms with E-state index >= 15 is 0 Å². The molecule has 31 heavy (non-hydrogen) atoms. The zero-order chi connectivity index (χ0) is 22.0. The third-order valence-corrected chi connectivity index (χ3v) is 7.63. The van der Waals surface area contributed by atoms with E-state index in [1.54, 1.807) is 0 Å². The Morgan fingerprint density at radius 2 is 1.65 bits per heavy atom. The third-order valence-electron chi connectivity index (χ3n) is 6.16. The van der Waals surface area contributed by atoms with Crippen LogP contribution >= 0.6 is 0 Å². The lowest BCUT2D eigenvalue weighted by Gasteiger charge is -2.30. The Hall–Kier alpha value is -2.59. The molecular weight excluding hydrogens is 404 g/mol. The molecule has 0 radical (unpaired) electrons. The van der Waals surface area contributed by atoms with Gasteiger partial charge in [0.1, 0.15) is 24.2 Å². The lowest BCUT2D eigenvalue weighted by Crippen LogP contribution is -2.29. The second-order valence-electron chi connectivity index (χ2n) is 8.39. The molecule has 1 heterocycles. The molecule has 0 fully saturated rings. The first kappa shape index (κ1) is 21.6. The van der Waals surface area contributed by atoms with E-state index in [1.165, 1.54) is 11.1 Å². The van der Waals surface area contributed by atoms with Gasteiger partial charge in [0.05, 0.1) is 16.6 Å². The Balaban J connectivity index is 1.51. The minimum Gasteiger partial charge on any atom is -0.489 e. The maximum absolute atomic E-state index is 12.8. The molecule has 0 saturated carbocycles. The molecule has 0 N–H and O–H groups in total. The number of rotatable bonds is 6. The topological polar surface area (TPSA) is 35.5 Å². The molecule has 1 aliphatic heterocycles. The fraction of sp³-hybridized carbons (Fsp3) is 0.333. The van der Waals surface area contributed by atoms with E-state index in [4.69, 9.17) is 9.47 Å². The van der Waals surface area contributed by atoms with Crippen LogP contribution in [0.2, 0.25) is 0 Å². The van der Waals surface area contributed by atoms with Gasteiger partial charge in [-0.05, 0) is 74.9 Å². The Morgan fingerprint density at radius 3 is 2.35 bits per heavy atom. The van der Waals surface area contributed by atoms with Crippen molar-refractivity contribution in [3.63, 3.8) is 0 Å². The van der Waals surface area contributed by atoms with Crippen LogP contribution in [-0.2, 0) is 23.8 Å². The first-order valence-electron chi connectivity index (χ1n) is 10.8. The number of fused-ring (bicyclic) bond motifs is 1. The monoisotopic (exact) mass is 434 g/mol. The van der Waals surface area contributed by atoms with Crippen molar-refractivity contribution in [3.05, 3.63) is 88.0 Å². The van der Waals surface area contributed by atoms with E-state index in [1.807, 2.05) is 49.4 Å². The van der Waals surface area contributed by atoms with Crippen LogP contribution < -0.4 is 9.47 Å². The Morgan fingerprint density at radius 1 is 0.935 bits per heavy atom. The van der Waals surface area contributed by atoms with Crippen LogP contribution in [-0.4, -0.2) is 16.1 Å². The van der Waals surface area contributed by atoms with Crippen molar-refractivity contribution in [1.29, 1.82) is 0 Å². The lowest BCUT2D eigenvalue weighted by atomic mass is 9.92. The van der Waals surface area contributed by atoms with E-state index < -0.39 is 10.8 Å². The van der Waals surface area contributed by atoms with E-state index in [9.17, 15) is 4.21 Å². The van der Waals surface area contributed by atoms with Gasteiger partial charge in [0, 0.05) is 10.5 Å². The Kier molecular flexibility index (Phi) is 6.47. The molecule has 0 aromatic heterocycles. The highest BCUT2D eigenvalue weighted by Gasteiger charge is 2.28. The van der Waals surface area contributed by atoms with Crippen molar-refractivity contribution in [1.82, 2.24) is 0 Å². The molecule has 3 aromatic rings. The summed E-state index contributed by atoms with van der Waals surface area (Å²) in [6, 6.07) is 18.2. The van der Waals surface area contributed by atoms with E-state index in [2.05, 4.69) is 32.9 Å². The van der Waals surface area contributed by atoms with Crippen LogP contribution in [0.1, 0.15) is 39.8 Å². The minimum atomic E-state index is -1.06. The van der Waals surface area contributed by atoms with Crippen LogP contribution in [0, 0.1) is 27.7 Å². The average molecular weight is 435 g/mol. The molecule has 0 unspecified atom stereocenters. The van der Waals surface area contributed by atoms with E-state index in [0.717, 1.165) is 51.5 Å². The zero-order valence-corrected chi connectivity index (χ0v) is 19.6. The third kappa shape index (κ3) is 4.69. The SMILES string of the molecule is Cc1ccc([S@](=O)C[C@@H]2CCc3c(C)c(OCc4ccccc4)c(C)c(C)c3O2)cc1. The summed E-state index contributed by atoms with van der Waals surface area (Å²) in [5, 5.41) is 0. The van der Waals surface area contributed by atoms with Crippen molar-refractivity contribution in [2.24, 2.45) is 0 Å².